The van der Waals surface area contributed by atoms with Crippen LogP contribution in [0.25, 0.3) is 16.9 Å². The van der Waals surface area contributed by atoms with E-state index in [0.29, 0.717) is 29.3 Å². The van der Waals surface area contributed by atoms with Gasteiger partial charge >= 0.3 is 0 Å². The van der Waals surface area contributed by atoms with E-state index >= 15 is 0 Å². The van der Waals surface area contributed by atoms with Crippen molar-refractivity contribution in [2.24, 2.45) is 0 Å². The molecule has 4 aromatic rings. The summed E-state index contributed by atoms with van der Waals surface area (Å²) in [4.78, 5) is 13.0. The van der Waals surface area contributed by atoms with Crippen molar-refractivity contribution in [2.75, 3.05) is 11.1 Å². The molecule has 0 aliphatic rings. The minimum atomic E-state index is 0.391. The predicted molar refractivity (Wildman–Crippen MR) is 96.9 cm³/mol. The number of fused-ring (bicyclic) bond motifs is 1. The second-order valence-corrected chi connectivity index (χ2v) is 5.78. The predicted octanol–water partition coefficient (Wildman–Crippen LogP) is 2.69. The van der Waals surface area contributed by atoms with Crippen molar-refractivity contribution in [3.63, 3.8) is 0 Å². The first-order chi connectivity index (χ1) is 12.2. The van der Waals surface area contributed by atoms with E-state index in [1.807, 2.05) is 6.07 Å². The maximum atomic E-state index is 6.06. The van der Waals surface area contributed by atoms with Gasteiger partial charge in [0, 0.05) is 25.0 Å². The summed E-state index contributed by atoms with van der Waals surface area (Å²) in [6.45, 7) is 2.75. The topological polar surface area (TPSA) is 94.0 Å². The van der Waals surface area contributed by atoms with Gasteiger partial charge in [0.25, 0.3) is 0 Å². The standard InChI is InChI=1S/C18H17N7/c1-12-3-5-13(6-4-12)10-21-15-9-14(22-11-23-15)16-17(19)24-25-8-2-7-20-18(16)25/h2-9,11H,10H2,1H3,(H2,19,24)(H,21,22,23). The molecule has 124 valence electrons. The Morgan fingerprint density at radius 2 is 1.96 bits per heavy atom. The zero-order valence-corrected chi connectivity index (χ0v) is 13.7. The number of nitrogens with zero attached hydrogens (tertiary/aromatic N) is 5. The molecule has 7 nitrogen and oxygen atoms in total. The molecule has 0 saturated carbocycles. The maximum absolute atomic E-state index is 6.06. The molecule has 0 atom stereocenters. The summed E-state index contributed by atoms with van der Waals surface area (Å²) in [7, 11) is 0. The molecule has 0 amide bonds. The maximum Gasteiger partial charge on any atom is 0.166 e. The fraction of sp³-hybridized carbons (Fsp3) is 0.111. The summed E-state index contributed by atoms with van der Waals surface area (Å²) in [6, 6.07) is 12.0. The van der Waals surface area contributed by atoms with Gasteiger partial charge in [-0.1, -0.05) is 29.8 Å². The quantitative estimate of drug-likeness (QED) is 0.597. The monoisotopic (exact) mass is 331 g/mol. The van der Waals surface area contributed by atoms with E-state index in [2.05, 4.69) is 56.6 Å². The summed E-state index contributed by atoms with van der Waals surface area (Å²) >= 11 is 0. The lowest BCUT2D eigenvalue weighted by Crippen LogP contribution is -2.02. The van der Waals surface area contributed by atoms with E-state index in [0.717, 1.165) is 5.82 Å². The number of rotatable bonds is 4. The van der Waals surface area contributed by atoms with E-state index in [9.17, 15) is 0 Å². The zero-order valence-electron chi connectivity index (χ0n) is 13.7. The Morgan fingerprint density at radius 3 is 2.80 bits per heavy atom. The average molecular weight is 331 g/mol. The number of anilines is 2. The Hall–Kier alpha value is -3.48. The minimum absolute atomic E-state index is 0.391. The lowest BCUT2D eigenvalue weighted by molar-refractivity contribution is 0.945. The lowest BCUT2D eigenvalue weighted by Gasteiger charge is -2.07. The van der Waals surface area contributed by atoms with Crippen LogP contribution in [0, 0.1) is 6.92 Å². The molecule has 0 aliphatic carbocycles. The molecule has 1 aromatic carbocycles. The van der Waals surface area contributed by atoms with Crippen LogP contribution in [-0.2, 0) is 6.54 Å². The van der Waals surface area contributed by atoms with Gasteiger partial charge in [-0.25, -0.2) is 19.5 Å². The van der Waals surface area contributed by atoms with Crippen molar-refractivity contribution in [3.05, 3.63) is 66.2 Å². The van der Waals surface area contributed by atoms with Crippen LogP contribution in [0.5, 0.6) is 0 Å². The van der Waals surface area contributed by atoms with E-state index < -0.39 is 0 Å². The van der Waals surface area contributed by atoms with Gasteiger partial charge in [-0.05, 0) is 18.6 Å². The van der Waals surface area contributed by atoms with E-state index in [4.69, 9.17) is 5.73 Å². The molecule has 25 heavy (non-hydrogen) atoms. The van der Waals surface area contributed by atoms with Crippen LogP contribution in [-0.4, -0.2) is 24.6 Å². The molecule has 7 heteroatoms. The summed E-state index contributed by atoms with van der Waals surface area (Å²) in [6.07, 6.45) is 5.02. The summed E-state index contributed by atoms with van der Waals surface area (Å²) in [5.74, 6) is 1.11. The normalized spacial score (nSPS) is 10.9. The number of hydrogen-bond acceptors (Lipinski definition) is 6. The van der Waals surface area contributed by atoms with Gasteiger partial charge in [0.15, 0.2) is 11.5 Å². The van der Waals surface area contributed by atoms with Crippen LogP contribution in [0.3, 0.4) is 0 Å². The zero-order chi connectivity index (χ0) is 17.2. The van der Waals surface area contributed by atoms with Crippen molar-refractivity contribution in [1.82, 2.24) is 24.6 Å². The fourth-order valence-corrected chi connectivity index (χ4v) is 2.64. The Balaban J connectivity index is 1.62. The van der Waals surface area contributed by atoms with Crippen LogP contribution < -0.4 is 11.1 Å². The highest BCUT2D eigenvalue weighted by Gasteiger charge is 2.15. The molecule has 0 saturated heterocycles. The summed E-state index contributed by atoms with van der Waals surface area (Å²) in [5.41, 5.74) is 10.6. The third kappa shape index (κ3) is 2.99. The molecule has 3 N–H and O–H groups in total. The van der Waals surface area contributed by atoms with Crippen LogP contribution in [0.4, 0.5) is 11.6 Å². The summed E-state index contributed by atoms with van der Waals surface area (Å²) < 4.78 is 1.65. The number of benzene rings is 1. The number of aryl methyl sites for hydroxylation is 1. The molecule has 0 radical (unpaired) electrons. The largest absolute Gasteiger partial charge is 0.382 e. The van der Waals surface area contributed by atoms with Gasteiger partial charge in [-0.2, -0.15) is 0 Å². The van der Waals surface area contributed by atoms with Crippen LogP contribution in [0.2, 0.25) is 0 Å². The van der Waals surface area contributed by atoms with Crippen LogP contribution in [0.15, 0.2) is 55.1 Å². The first-order valence-electron chi connectivity index (χ1n) is 7.91. The van der Waals surface area contributed by atoms with E-state index in [1.165, 1.54) is 17.5 Å². The smallest absolute Gasteiger partial charge is 0.166 e. The van der Waals surface area contributed by atoms with Crippen LogP contribution in [0.1, 0.15) is 11.1 Å². The third-order valence-electron chi connectivity index (χ3n) is 3.94. The molecule has 3 heterocycles. The van der Waals surface area contributed by atoms with E-state index in [1.54, 1.807) is 23.0 Å². The highest BCUT2D eigenvalue weighted by Crippen LogP contribution is 2.28. The molecule has 0 unspecified atom stereocenters. The number of nitrogens with one attached hydrogen (secondary N) is 1. The van der Waals surface area contributed by atoms with Crippen molar-refractivity contribution in [2.45, 2.75) is 13.5 Å². The van der Waals surface area contributed by atoms with Gasteiger partial charge in [0.05, 0.1) is 11.3 Å². The minimum Gasteiger partial charge on any atom is -0.382 e. The fourth-order valence-electron chi connectivity index (χ4n) is 2.64. The van der Waals surface area contributed by atoms with Gasteiger partial charge in [-0.3, -0.25) is 0 Å². The van der Waals surface area contributed by atoms with E-state index in [-0.39, 0.29) is 0 Å². The van der Waals surface area contributed by atoms with Crippen LogP contribution >= 0.6 is 0 Å². The van der Waals surface area contributed by atoms with Crippen molar-refractivity contribution in [1.29, 1.82) is 0 Å². The van der Waals surface area contributed by atoms with Crippen molar-refractivity contribution >= 4 is 17.3 Å². The molecule has 0 fully saturated rings. The second-order valence-electron chi connectivity index (χ2n) is 5.78. The van der Waals surface area contributed by atoms with Crippen molar-refractivity contribution < 1.29 is 0 Å². The Kier molecular flexibility index (Phi) is 3.74. The highest BCUT2D eigenvalue weighted by molar-refractivity contribution is 5.84. The van der Waals surface area contributed by atoms with Gasteiger partial charge < -0.3 is 11.1 Å². The molecule has 0 spiro atoms. The number of nitrogen functional groups attached to an aromatic ring is 1. The number of hydrogen-bond donors (Lipinski definition) is 2. The lowest BCUT2D eigenvalue weighted by atomic mass is 10.1. The van der Waals surface area contributed by atoms with Gasteiger partial charge in [0.2, 0.25) is 0 Å². The number of aromatic nitrogens is 5. The second kappa shape index (κ2) is 6.20. The molecule has 0 aliphatic heterocycles. The first kappa shape index (κ1) is 15.1. The molecule has 4 rings (SSSR count). The molecule has 3 aromatic heterocycles. The van der Waals surface area contributed by atoms with Crippen molar-refractivity contribution in [3.8, 4) is 11.3 Å². The highest BCUT2D eigenvalue weighted by atomic mass is 15.3. The average Bonchev–Trinajstić information content (AvgIpc) is 2.97. The SMILES string of the molecule is Cc1ccc(CNc2cc(-c3c(N)nn4cccnc34)ncn2)cc1. The number of nitrogens with two attached hydrogens (primary N) is 1. The Bertz CT molecular complexity index is 1020. The Morgan fingerprint density at radius 1 is 1.12 bits per heavy atom. The third-order valence-corrected chi connectivity index (χ3v) is 3.94. The first-order valence-corrected chi connectivity index (χ1v) is 7.91. The molecular formula is C18H17N7. The Labute approximate surface area is 144 Å². The van der Waals surface area contributed by atoms with Gasteiger partial charge in [0.1, 0.15) is 12.1 Å². The molecular weight excluding hydrogens is 314 g/mol. The molecule has 0 bridgehead atoms. The summed E-state index contributed by atoms with van der Waals surface area (Å²) in [5, 5.41) is 7.58. The van der Waals surface area contributed by atoms with Gasteiger partial charge in [-0.15, -0.1) is 5.10 Å².